The minimum Gasteiger partial charge on any atom is -0.507 e. The van der Waals surface area contributed by atoms with Gasteiger partial charge in [0.25, 0.3) is 0 Å². The largest absolute Gasteiger partial charge is 0.507 e. The molecule has 0 aromatic heterocycles. The van der Waals surface area contributed by atoms with Crippen molar-refractivity contribution in [2.75, 3.05) is 6.61 Å². The van der Waals surface area contributed by atoms with E-state index >= 15 is 0 Å². The van der Waals surface area contributed by atoms with Gasteiger partial charge in [-0.1, -0.05) is 0 Å². The van der Waals surface area contributed by atoms with E-state index in [0.717, 1.165) is 6.07 Å². The summed E-state index contributed by atoms with van der Waals surface area (Å²) in [7, 11) is 0. The van der Waals surface area contributed by atoms with Crippen LogP contribution in [-0.4, -0.2) is 22.8 Å². The van der Waals surface area contributed by atoms with Gasteiger partial charge in [-0.2, -0.15) is 5.26 Å². The molecule has 1 aromatic carbocycles. The number of hydrogen-bond acceptors (Lipinski definition) is 5. The van der Waals surface area contributed by atoms with Crippen LogP contribution in [0.25, 0.3) is 0 Å². The normalized spacial score (nSPS) is 9.56. The van der Waals surface area contributed by atoms with Gasteiger partial charge >= 0.3 is 5.97 Å². The summed E-state index contributed by atoms with van der Waals surface area (Å²) in [6, 6.07) is 4.31. The molecule has 0 spiro atoms. The first-order valence-corrected chi connectivity index (χ1v) is 4.68. The molecule has 0 saturated carbocycles. The zero-order valence-corrected chi connectivity index (χ0v) is 8.73. The van der Waals surface area contributed by atoms with Gasteiger partial charge in [-0.05, 0) is 24.6 Å². The van der Waals surface area contributed by atoms with Crippen molar-refractivity contribution in [1.82, 2.24) is 0 Å². The van der Waals surface area contributed by atoms with E-state index in [0.29, 0.717) is 0 Å². The highest BCUT2D eigenvalue weighted by molar-refractivity contribution is 5.94. The lowest BCUT2D eigenvalue weighted by atomic mass is 10.0. The summed E-state index contributed by atoms with van der Waals surface area (Å²) in [5, 5.41) is 27.3. The minimum atomic E-state index is -0.714. The molecule has 0 unspecified atom stereocenters. The van der Waals surface area contributed by atoms with Gasteiger partial charge in [-0.3, -0.25) is 0 Å². The molecule has 1 aromatic rings. The van der Waals surface area contributed by atoms with Gasteiger partial charge < -0.3 is 14.9 Å². The fourth-order valence-corrected chi connectivity index (χ4v) is 1.31. The second-order valence-corrected chi connectivity index (χ2v) is 3.02. The fraction of sp³-hybridized carbons (Fsp3) is 0.273. The van der Waals surface area contributed by atoms with E-state index in [1.54, 1.807) is 6.92 Å². The standard InChI is InChI=1S/C11H11NO4/c1-2-16-11(15)10-8(6-13)3-7(5-12)4-9(10)14/h3-4,13-14H,2,6H2,1H3. The summed E-state index contributed by atoms with van der Waals surface area (Å²) in [5.41, 5.74) is 0.257. The maximum Gasteiger partial charge on any atom is 0.342 e. The molecule has 0 aliphatic rings. The molecule has 0 aliphatic heterocycles. The molecular formula is C11H11NO4. The number of carbonyl (C=O) groups excluding carboxylic acids is 1. The predicted octanol–water partition coefficient (Wildman–Crippen LogP) is 0.933. The van der Waals surface area contributed by atoms with Crippen molar-refractivity contribution in [2.45, 2.75) is 13.5 Å². The van der Waals surface area contributed by atoms with Crippen molar-refractivity contribution in [3.63, 3.8) is 0 Å². The number of esters is 1. The smallest absolute Gasteiger partial charge is 0.342 e. The van der Waals surface area contributed by atoms with Crippen LogP contribution in [0.5, 0.6) is 5.75 Å². The van der Waals surface area contributed by atoms with Gasteiger partial charge in [-0.25, -0.2) is 4.79 Å². The maximum atomic E-state index is 11.5. The summed E-state index contributed by atoms with van der Waals surface area (Å²) >= 11 is 0. The molecular weight excluding hydrogens is 210 g/mol. The van der Waals surface area contributed by atoms with E-state index in [-0.39, 0.29) is 29.0 Å². The first kappa shape index (κ1) is 12.0. The third kappa shape index (κ3) is 2.30. The number of phenols is 1. The molecule has 0 aliphatic carbocycles. The summed E-state index contributed by atoms with van der Waals surface area (Å²) in [6.07, 6.45) is 0. The SMILES string of the molecule is CCOC(=O)c1c(O)cc(C#N)cc1CO. The maximum absolute atomic E-state index is 11.5. The number of aliphatic hydroxyl groups is 1. The van der Waals surface area contributed by atoms with Crippen LogP contribution in [0, 0.1) is 11.3 Å². The molecule has 2 N–H and O–H groups in total. The molecule has 84 valence electrons. The van der Waals surface area contributed by atoms with Crippen LogP contribution in [0.1, 0.15) is 28.4 Å². The Morgan fingerprint density at radius 2 is 2.25 bits per heavy atom. The number of carbonyl (C=O) groups is 1. The van der Waals surface area contributed by atoms with Crippen molar-refractivity contribution in [3.8, 4) is 11.8 Å². The van der Waals surface area contributed by atoms with Crippen LogP contribution < -0.4 is 0 Å². The van der Waals surface area contributed by atoms with Crippen molar-refractivity contribution in [1.29, 1.82) is 5.26 Å². The van der Waals surface area contributed by atoms with Crippen LogP contribution in [0.3, 0.4) is 0 Å². The van der Waals surface area contributed by atoms with Crippen molar-refractivity contribution in [2.24, 2.45) is 0 Å². The molecule has 0 heterocycles. The second kappa shape index (κ2) is 5.14. The van der Waals surface area contributed by atoms with Crippen molar-refractivity contribution in [3.05, 3.63) is 28.8 Å². The average Bonchev–Trinajstić information content (AvgIpc) is 2.27. The number of nitriles is 1. The van der Waals surface area contributed by atoms with E-state index in [2.05, 4.69) is 0 Å². The fourth-order valence-electron chi connectivity index (χ4n) is 1.31. The number of rotatable bonds is 3. The lowest BCUT2D eigenvalue weighted by Crippen LogP contribution is -2.09. The Morgan fingerprint density at radius 3 is 2.75 bits per heavy atom. The molecule has 0 bridgehead atoms. The monoisotopic (exact) mass is 221 g/mol. The number of benzene rings is 1. The van der Waals surface area contributed by atoms with Crippen LogP contribution >= 0.6 is 0 Å². The topological polar surface area (TPSA) is 90.5 Å². The summed E-state index contributed by atoms with van der Waals surface area (Å²) in [6.45, 7) is 1.36. The number of hydrogen-bond donors (Lipinski definition) is 2. The summed E-state index contributed by atoms with van der Waals surface area (Å²) in [5.74, 6) is -1.07. The molecule has 0 atom stereocenters. The van der Waals surface area contributed by atoms with Gasteiger partial charge in [0.2, 0.25) is 0 Å². The first-order valence-electron chi connectivity index (χ1n) is 4.68. The highest BCUT2D eigenvalue weighted by Crippen LogP contribution is 2.24. The lowest BCUT2D eigenvalue weighted by molar-refractivity contribution is 0.0519. The van der Waals surface area contributed by atoms with Gasteiger partial charge in [0.05, 0.1) is 24.8 Å². The number of nitrogens with zero attached hydrogens (tertiary/aromatic N) is 1. The van der Waals surface area contributed by atoms with E-state index in [9.17, 15) is 9.90 Å². The zero-order valence-electron chi connectivity index (χ0n) is 8.73. The highest BCUT2D eigenvalue weighted by atomic mass is 16.5. The quantitative estimate of drug-likeness (QED) is 0.741. The Balaban J connectivity index is 3.28. The van der Waals surface area contributed by atoms with Crippen LogP contribution in [-0.2, 0) is 11.3 Å². The molecule has 16 heavy (non-hydrogen) atoms. The van der Waals surface area contributed by atoms with E-state index in [1.807, 2.05) is 6.07 Å². The highest BCUT2D eigenvalue weighted by Gasteiger charge is 2.18. The van der Waals surface area contributed by atoms with Gasteiger partial charge in [0, 0.05) is 0 Å². The van der Waals surface area contributed by atoms with Crippen LogP contribution in [0.4, 0.5) is 0 Å². The summed E-state index contributed by atoms with van der Waals surface area (Å²) in [4.78, 5) is 11.5. The third-order valence-electron chi connectivity index (χ3n) is 1.98. The minimum absolute atomic E-state index is 0.0941. The Labute approximate surface area is 92.5 Å². The lowest BCUT2D eigenvalue weighted by Gasteiger charge is -2.09. The molecule has 5 nitrogen and oxygen atoms in total. The molecule has 0 fully saturated rings. The predicted molar refractivity (Wildman–Crippen MR) is 54.7 cm³/mol. The van der Waals surface area contributed by atoms with Gasteiger partial charge in [0.1, 0.15) is 11.3 Å². The molecule has 1 rings (SSSR count). The number of aliphatic hydroxyl groups excluding tert-OH is 1. The first-order chi connectivity index (χ1) is 7.63. The molecule has 5 heteroatoms. The number of aromatic hydroxyl groups is 1. The second-order valence-electron chi connectivity index (χ2n) is 3.02. The van der Waals surface area contributed by atoms with Crippen molar-refractivity contribution < 1.29 is 19.7 Å². The van der Waals surface area contributed by atoms with Gasteiger partial charge in [-0.15, -0.1) is 0 Å². The van der Waals surface area contributed by atoms with Crippen LogP contribution in [0.15, 0.2) is 12.1 Å². The van der Waals surface area contributed by atoms with Gasteiger partial charge in [0.15, 0.2) is 0 Å². The molecule has 0 radical (unpaired) electrons. The number of phenolic OH excluding ortho intramolecular Hbond substituents is 1. The Hall–Kier alpha value is -2.06. The Morgan fingerprint density at radius 1 is 1.56 bits per heavy atom. The van der Waals surface area contributed by atoms with E-state index in [1.165, 1.54) is 6.07 Å². The Bertz CT molecular complexity index is 448. The van der Waals surface area contributed by atoms with Crippen molar-refractivity contribution >= 4 is 5.97 Å². The molecule has 0 saturated heterocycles. The van der Waals surface area contributed by atoms with E-state index < -0.39 is 12.6 Å². The average molecular weight is 221 g/mol. The van der Waals surface area contributed by atoms with Crippen LogP contribution in [0.2, 0.25) is 0 Å². The van der Waals surface area contributed by atoms with E-state index in [4.69, 9.17) is 15.1 Å². The molecule has 0 amide bonds. The zero-order chi connectivity index (χ0) is 12.1. The third-order valence-corrected chi connectivity index (χ3v) is 1.98. The number of ether oxygens (including phenoxy) is 1. The Kier molecular flexibility index (Phi) is 3.86. The summed E-state index contributed by atoms with van der Waals surface area (Å²) < 4.78 is 4.73.